The van der Waals surface area contributed by atoms with Crippen molar-refractivity contribution in [3.05, 3.63) is 65.7 Å². The third kappa shape index (κ3) is 4.25. The molecule has 0 aromatic heterocycles. The minimum absolute atomic E-state index is 0.000540. The first-order valence-electron chi connectivity index (χ1n) is 8.44. The summed E-state index contributed by atoms with van der Waals surface area (Å²) in [7, 11) is 0. The molecule has 1 amide bonds. The van der Waals surface area contributed by atoms with Gasteiger partial charge in [-0.15, -0.1) is 0 Å². The first kappa shape index (κ1) is 17.2. The smallest absolute Gasteiger partial charge is 0.249 e. The van der Waals surface area contributed by atoms with Crippen molar-refractivity contribution >= 4 is 17.4 Å². The van der Waals surface area contributed by atoms with E-state index < -0.39 is 6.04 Å². The quantitative estimate of drug-likeness (QED) is 0.852. The molecule has 0 radical (unpaired) electrons. The van der Waals surface area contributed by atoms with Gasteiger partial charge in [-0.2, -0.15) is 0 Å². The van der Waals surface area contributed by atoms with E-state index in [1.807, 2.05) is 47.4 Å². The van der Waals surface area contributed by atoms with Crippen LogP contribution in [0.4, 0.5) is 5.69 Å². The lowest BCUT2D eigenvalue weighted by molar-refractivity contribution is -0.136. The summed E-state index contributed by atoms with van der Waals surface area (Å²) >= 11 is 0. The standard InChI is InChI=1S/C20H22N2O3/c1-15(23)17-8-5-9-18(14-17)21-19(16-6-3-2-4-7-16)20(24)22-10-12-25-13-11-22/h2-9,14,19,21H,10-13H2,1H3/t19-/m1/s1. The Morgan fingerprint density at radius 2 is 1.76 bits per heavy atom. The maximum atomic E-state index is 13.1. The molecule has 1 atom stereocenters. The number of anilines is 1. The molecule has 0 bridgehead atoms. The van der Waals surface area contributed by atoms with Crippen LogP contribution in [0.1, 0.15) is 28.9 Å². The number of nitrogens with one attached hydrogen (secondary N) is 1. The highest BCUT2D eigenvalue weighted by atomic mass is 16.5. The topological polar surface area (TPSA) is 58.6 Å². The molecule has 0 spiro atoms. The second-order valence-electron chi connectivity index (χ2n) is 6.06. The number of Topliss-reactive ketones (excluding diaryl/α,β-unsaturated/α-hetero) is 1. The van der Waals surface area contributed by atoms with Gasteiger partial charge in [0.1, 0.15) is 6.04 Å². The number of benzene rings is 2. The summed E-state index contributed by atoms with van der Waals surface area (Å²) < 4.78 is 5.34. The number of hydrogen-bond acceptors (Lipinski definition) is 4. The van der Waals surface area contributed by atoms with Crippen LogP contribution >= 0.6 is 0 Å². The molecule has 1 fully saturated rings. The van der Waals surface area contributed by atoms with Gasteiger partial charge in [-0.1, -0.05) is 42.5 Å². The number of amides is 1. The van der Waals surface area contributed by atoms with Crippen LogP contribution in [0.15, 0.2) is 54.6 Å². The van der Waals surface area contributed by atoms with Gasteiger partial charge in [0.15, 0.2) is 5.78 Å². The number of morpholine rings is 1. The van der Waals surface area contributed by atoms with Gasteiger partial charge < -0.3 is 15.0 Å². The number of carbonyl (C=O) groups is 2. The molecule has 1 saturated heterocycles. The minimum Gasteiger partial charge on any atom is -0.378 e. The second-order valence-corrected chi connectivity index (χ2v) is 6.06. The second kappa shape index (κ2) is 7.94. The Kier molecular flexibility index (Phi) is 5.46. The zero-order valence-corrected chi connectivity index (χ0v) is 14.3. The van der Waals surface area contributed by atoms with Gasteiger partial charge in [-0.25, -0.2) is 0 Å². The normalized spacial score (nSPS) is 15.5. The molecule has 3 rings (SSSR count). The Hall–Kier alpha value is -2.66. The maximum absolute atomic E-state index is 13.1. The summed E-state index contributed by atoms with van der Waals surface area (Å²) in [4.78, 5) is 26.5. The molecule has 1 aliphatic heterocycles. The lowest BCUT2D eigenvalue weighted by Crippen LogP contribution is -2.44. The summed E-state index contributed by atoms with van der Waals surface area (Å²) in [6, 6.07) is 16.4. The highest BCUT2D eigenvalue weighted by Crippen LogP contribution is 2.23. The number of ketones is 1. The van der Waals surface area contributed by atoms with Crippen LogP contribution in [0.2, 0.25) is 0 Å². The van der Waals surface area contributed by atoms with Crippen molar-refractivity contribution in [3.8, 4) is 0 Å². The fraction of sp³-hybridized carbons (Fsp3) is 0.300. The summed E-state index contributed by atoms with van der Waals surface area (Å²) in [5.74, 6) is 0.0159. The van der Waals surface area contributed by atoms with E-state index in [2.05, 4.69) is 5.32 Å². The van der Waals surface area contributed by atoms with Crippen molar-refractivity contribution in [2.75, 3.05) is 31.6 Å². The van der Waals surface area contributed by atoms with Crippen LogP contribution in [0.3, 0.4) is 0 Å². The van der Waals surface area contributed by atoms with E-state index >= 15 is 0 Å². The molecule has 0 unspecified atom stereocenters. The molecule has 130 valence electrons. The fourth-order valence-electron chi connectivity index (χ4n) is 2.89. The van der Waals surface area contributed by atoms with Crippen LogP contribution in [-0.2, 0) is 9.53 Å². The van der Waals surface area contributed by atoms with E-state index in [0.29, 0.717) is 31.9 Å². The molecule has 0 aliphatic carbocycles. The molecule has 1 N–H and O–H groups in total. The molecule has 1 heterocycles. The van der Waals surface area contributed by atoms with Gasteiger partial charge in [0.05, 0.1) is 13.2 Å². The predicted octanol–water partition coefficient (Wildman–Crippen LogP) is 2.90. The molecule has 5 heteroatoms. The van der Waals surface area contributed by atoms with Crippen molar-refractivity contribution in [1.29, 1.82) is 0 Å². The van der Waals surface area contributed by atoms with Gasteiger partial charge in [-0.05, 0) is 24.6 Å². The number of ether oxygens (including phenoxy) is 1. The summed E-state index contributed by atoms with van der Waals surface area (Å²) in [5.41, 5.74) is 2.27. The zero-order chi connectivity index (χ0) is 17.6. The van der Waals surface area contributed by atoms with Crippen molar-refractivity contribution < 1.29 is 14.3 Å². The molecule has 5 nitrogen and oxygen atoms in total. The molecule has 25 heavy (non-hydrogen) atoms. The Morgan fingerprint density at radius 1 is 1.04 bits per heavy atom. The molecule has 2 aromatic carbocycles. The first-order chi connectivity index (χ1) is 12.1. The van der Waals surface area contributed by atoms with Crippen molar-refractivity contribution in [2.24, 2.45) is 0 Å². The van der Waals surface area contributed by atoms with E-state index in [1.165, 1.54) is 6.92 Å². The molecule has 2 aromatic rings. The largest absolute Gasteiger partial charge is 0.378 e. The molecule has 0 saturated carbocycles. The molecule has 1 aliphatic rings. The van der Waals surface area contributed by atoms with E-state index in [0.717, 1.165) is 11.3 Å². The SMILES string of the molecule is CC(=O)c1cccc(N[C@@H](C(=O)N2CCOCC2)c2ccccc2)c1. The van der Waals surface area contributed by atoms with Crippen LogP contribution in [0, 0.1) is 0 Å². The van der Waals surface area contributed by atoms with Crippen LogP contribution < -0.4 is 5.32 Å². The van der Waals surface area contributed by atoms with E-state index in [9.17, 15) is 9.59 Å². The monoisotopic (exact) mass is 338 g/mol. The van der Waals surface area contributed by atoms with E-state index in [-0.39, 0.29) is 11.7 Å². The minimum atomic E-state index is -0.499. The third-order valence-corrected chi connectivity index (χ3v) is 4.28. The summed E-state index contributed by atoms with van der Waals surface area (Å²) in [6.45, 7) is 3.85. The van der Waals surface area contributed by atoms with Gasteiger partial charge in [0.25, 0.3) is 0 Å². The Labute approximate surface area is 147 Å². The maximum Gasteiger partial charge on any atom is 0.249 e. The van der Waals surface area contributed by atoms with Gasteiger partial charge >= 0.3 is 0 Å². The van der Waals surface area contributed by atoms with Crippen molar-refractivity contribution in [2.45, 2.75) is 13.0 Å². The number of carbonyl (C=O) groups excluding carboxylic acids is 2. The highest BCUT2D eigenvalue weighted by Gasteiger charge is 2.27. The number of rotatable bonds is 5. The number of hydrogen-bond donors (Lipinski definition) is 1. The summed E-state index contributed by atoms with van der Waals surface area (Å²) in [6.07, 6.45) is 0. The van der Waals surface area contributed by atoms with E-state index in [1.54, 1.807) is 12.1 Å². The van der Waals surface area contributed by atoms with Crippen LogP contribution in [-0.4, -0.2) is 42.9 Å². The van der Waals surface area contributed by atoms with Crippen molar-refractivity contribution in [3.63, 3.8) is 0 Å². The Bertz CT molecular complexity index is 740. The third-order valence-electron chi connectivity index (χ3n) is 4.28. The summed E-state index contributed by atoms with van der Waals surface area (Å²) in [5, 5.41) is 3.30. The lowest BCUT2D eigenvalue weighted by Gasteiger charge is -2.31. The molecular weight excluding hydrogens is 316 g/mol. The van der Waals surface area contributed by atoms with Gasteiger partial charge in [0.2, 0.25) is 5.91 Å². The van der Waals surface area contributed by atoms with Crippen LogP contribution in [0.5, 0.6) is 0 Å². The Balaban J connectivity index is 1.87. The average molecular weight is 338 g/mol. The van der Waals surface area contributed by atoms with Crippen LogP contribution in [0.25, 0.3) is 0 Å². The zero-order valence-electron chi connectivity index (χ0n) is 14.3. The van der Waals surface area contributed by atoms with Crippen molar-refractivity contribution in [1.82, 2.24) is 4.90 Å². The highest BCUT2D eigenvalue weighted by molar-refractivity contribution is 5.95. The predicted molar refractivity (Wildman–Crippen MR) is 96.7 cm³/mol. The average Bonchev–Trinajstić information content (AvgIpc) is 2.67. The van der Waals surface area contributed by atoms with Gasteiger partial charge in [0, 0.05) is 24.3 Å². The fourth-order valence-corrected chi connectivity index (χ4v) is 2.89. The van der Waals surface area contributed by atoms with Gasteiger partial charge in [-0.3, -0.25) is 9.59 Å². The Morgan fingerprint density at radius 3 is 2.44 bits per heavy atom. The van der Waals surface area contributed by atoms with E-state index in [4.69, 9.17) is 4.74 Å². The number of nitrogens with zero attached hydrogens (tertiary/aromatic N) is 1. The molecular formula is C20H22N2O3. The first-order valence-corrected chi connectivity index (χ1v) is 8.44. The lowest BCUT2D eigenvalue weighted by atomic mass is 10.0.